The van der Waals surface area contributed by atoms with Crippen LogP contribution in [-0.4, -0.2) is 26.2 Å². The number of rotatable bonds is 4. The van der Waals surface area contributed by atoms with Gasteiger partial charge >= 0.3 is 0 Å². The van der Waals surface area contributed by atoms with Crippen LogP contribution in [0, 0.1) is 0 Å². The van der Waals surface area contributed by atoms with Crippen molar-refractivity contribution in [3.8, 4) is 5.75 Å². The van der Waals surface area contributed by atoms with E-state index in [4.69, 9.17) is 4.74 Å². The Morgan fingerprint density at radius 3 is 2.11 bits per heavy atom. The molecule has 0 heterocycles. The zero-order valence-corrected chi connectivity index (χ0v) is 13.7. The molecule has 1 aromatic carbocycles. The van der Waals surface area contributed by atoms with E-state index >= 15 is 0 Å². The summed E-state index contributed by atoms with van der Waals surface area (Å²) < 4.78 is 5.51. The predicted octanol–water partition coefficient (Wildman–Crippen LogP) is 1.41. The molecule has 0 fully saturated rings. The SMILES string of the molecule is C/C=C\Oc1ccc([Si](C)(C)O)cc1[Si](C)(C)O. The Kier molecular flexibility index (Phi) is 4.55. The summed E-state index contributed by atoms with van der Waals surface area (Å²) in [6.07, 6.45) is 3.40. The molecular weight excluding hydrogens is 260 g/mol. The van der Waals surface area contributed by atoms with Crippen molar-refractivity contribution in [2.75, 3.05) is 0 Å². The molecule has 0 bridgehead atoms. The first-order valence-corrected chi connectivity index (χ1v) is 11.9. The number of ether oxygens (including phenoxy) is 1. The Morgan fingerprint density at radius 2 is 1.67 bits per heavy atom. The van der Waals surface area contributed by atoms with Crippen LogP contribution in [0.15, 0.2) is 30.5 Å². The number of hydrogen-bond donors (Lipinski definition) is 2. The van der Waals surface area contributed by atoms with Crippen molar-refractivity contribution >= 4 is 27.0 Å². The van der Waals surface area contributed by atoms with Gasteiger partial charge in [-0.2, -0.15) is 0 Å². The van der Waals surface area contributed by atoms with Gasteiger partial charge in [-0.25, -0.2) is 0 Å². The molecule has 2 N–H and O–H groups in total. The monoisotopic (exact) mass is 282 g/mol. The average Bonchev–Trinajstić information content (AvgIpc) is 2.23. The fraction of sp³-hybridized carbons (Fsp3) is 0.385. The van der Waals surface area contributed by atoms with E-state index in [2.05, 4.69) is 0 Å². The lowest BCUT2D eigenvalue weighted by atomic mass is 10.3. The summed E-state index contributed by atoms with van der Waals surface area (Å²) in [4.78, 5) is 20.5. The lowest BCUT2D eigenvalue weighted by molar-refractivity contribution is 0.480. The Bertz CT molecular complexity index is 443. The van der Waals surface area contributed by atoms with Gasteiger partial charge in [0.05, 0.1) is 6.26 Å². The molecule has 1 rings (SSSR count). The molecule has 0 atom stereocenters. The highest BCUT2D eigenvalue weighted by molar-refractivity contribution is 6.86. The average molecular weight is 282 g/mol. The minimum absolute atomic E-state index is 0.675. The Labute approximate surface area is 111 Å². The molecule has 0 unspecified atom stereocenters. The molecule has 0 spiro atoms. The van der Waals surface area contributed by atoms with Crippen LogP contribution in [0.25, 0.3) is 0 Å². The molecule has 3 nitrogen and oxygen atoms in total. The first-order valence-electron chi connectivity index (χ1n) is 6.04. The number of benzene rings is 1. The third-order valence-corrected chi connectivity index (χ3v) is 6.11. The zero-order chi connectivity index (χ0) is 14.0. The van der Waals surface area contributed by atoms with Crippen LogP contribution in [0.1, 0.15) is 6.92 Å². The smallest absolute Gasteiger partial charge is 0.217 e. The Balaban J connectivity index is 3.30. The molecule has 0 amide bonds. The van der Waals surface area contributed by atoms with Crippen molar-refractivity contribution in [1.82, 2.24) is 0 Å². The second-order valence-electron chi connectivity index (χ2n) is 5.42. The van der Waals surface area contributed by atoms with E-state index in [1.165, 1.54) is 0 Å². The Hall–Kier alpha value is -0.886. The maximum Gasteiger partial charge on any atom is 0.217 e. The van der Waals surface area contributed by atoms with E-state index in [1.807, 2.05) is 51.3 Å². The zero-order valence-electron chi connectivity index (χ0n) is 11.7. The van der Waals surface area contributed by atoms with Crippen molar-refractivity contribution in [3.05, 3.63) is 30.5 Å². The minimum atomic E-state index is -2.49. The fourth-order valence-electron chi connectivity index (χ4n) is 1.63. The normalized spacial score (nSPS) is 13.1. The summed E-state index contributed by atoms with van der Waals surface area (Å²) in [7, 11) is -4.85. The van der Waals surface area contributed by atoms with Crippen LogP contribution in [0.4, 0.5) is 0 Å². The van der Waals surface area contributed by atoms with Gasteiger partial charge in [0.1, 0.15) is 5.75 Å². The van der Waals surface area contributed by atoms with Crippen molar-refractivity contribution in [1.29, 1.82) is 0 Å². The third kappa shape index (κ3) is 3.81. The number of hydrogen-bond acceptors (Lipinski definition) is 3. The van der Waals surface area contributed by atoms with Gasteiger partial charge in [0.25, 0.3) is 0 Å². The highest BCUT2D eigenvalue weighted by Crippen LogP contribution is 2.13. The highest BCUT2D eigenvalue weighted by atomic mass is 28.4. The molecule has 1 aromatic rings. The molecular formula is C13H22O3Si2. The summed E-state index contributed by atoms with van der Waals surface area (Å²) in [5.74, 6) is 0.675. The van der Waals surface area contributed by atoms with Crippen molar-refractivity contribution in [3.63, 3.8) is 0 Å². The van der Waals surface area contributed by atoms with Crippen LogP contribution in [0.2, 0.25) is 26.2 Å². The molecule has 100 valence electrons. The lowest BCUT2D eigenvalue weighted by Crippen LogP contribution is -2.48. The first-order chi connectivity index (χ1) is 8.16. The van der Waals surface area contributed by atoms with Gasteiger partial charge in [-0.1, -0.05) is 18.2 Å². The van der Waals surface area contributed by atoms with Crippen molar-refractivity contribution in [2.45, 2.75) is 33.1 Å². The summed E-state index contributed by atoms with van der Waals surface area (Å²) in [6, 6.07) is 5.62. The van der Waals surface area contributed by atoms with Gasteiger partial charge in [-0.05, 0) is 44.4 Å². The highest BCUT2D eigenvalue weighted by Gasteiger charge is 2.28. The molecule has 0 aromatic heterocycles. The molecule has 0 aliphatic carbocycles. The van der Waals surface area contributed by atoms with Crippen LogP contribution in [0.3, 0.4) is 0 Å². The van der Waals surface area contributed by atoms with Gasteiger partial charge in [-0.15, -0.1) is 0 Å². The molecule has 18 heavy (non-hydrogen) atoms. The topological polar surface area (TPSA) is 49.7 Å². The van der Waals surface area contributed by atoms with E-state index in [9.17, 15) is 9.59 Å². The third-order valence-electron chi connectivity index (χ3n) is 2.68. The summed E-state index contributed by atoms with van der Waals surface area (Å²) in [6.45, 7) is 9.30. The van der Waals surface area contributed by atoms with Gasteiger partial charge in [-0.3, -0.25) is 0 Å². The standard InChI is InChI=1S/C13H22O3Si2/c1-6-9-16-12-8-7-11(17(2,3)14)10-13(12)18(4,5)15/h6-10,14-15H,1-5H3/b9-6-. The Morgan fingerprint density at radius 1 is 1.06 bits per heavy atom. The lowest BCUT2D eigenvalue weighted by Gasteiger charge is -2.22. The van der Waals surface area contributed by atoms with Gasteiger partial charge in [0, 0.05) is 5.19 Å². The van der Waals surface area contributed by atoms with E-state index in [-0.39, 0.29) is 0 Å². The van der Waals surface area contributed by atoms with E-state index < -0.39 is 16.6 Å². The van der Waals surface area contributed by atoms with E-state index in [1.54, 1.807) is 12.3 Å². The molecule has 0 aliphatic heterocycles. The number of allylic oxidation sites excluding steroid dienone is 1. The summed E-state index contributed by atoms with van der Waals surface area (Å²) in [5.41, 5.74) is 0. The first kappa shape index (κ1) is 15.2. The minimum Gasteiger partial charge on any atom is -0.465 e. The van der Waals surface area contributed by atoms with Crippen LogP contribution in [0.5, 0.6) is 5.75 Å². The quantitative estimate of drug-likeness (QED) is 0.648. The molecule has 0 aliphatic rings. The summed E-state index contributed by atoms with van der Waals surface area (Å²) in [5, 5.41) is 1.74. The second-order valence-corrected chi connectivity index (χ2v) is 12.8. The van der Waals surface area contributed by atoms with Crippen molar-refractivity contribution in [2.24, 2.45) is 0 Å². The molecule has 0 saturated carbocycles. The second kappa shape index (κ2) is 5.40. The van der Waals surface area contributed by atoms with Gasteiger partial charge in [0.15, 0.2) is 0 Å². The van der Waals surface area contributed by atoms with Crippen LogP contribution in [-0.2, 0) is 0 Å². The summed E-state index contributed by atoms with van der Waals surface area (Å²) >= 11 is 0. The maximum atomic E-state index is 10.3. The maximum absolute atomic E-state index is 10.3. The van der Waals surface area contributed by atoms with E-state index in [0.717, 1.165) is 10.4 Å². The van der Waals surface area contributed by atoms with Gasteiger partial charge in [0.2, 0.25) is 16.6 Å². The predicted molar refractivity (Wildman–Crippen MR) is 80.6 cm³/mol. The molecule has 0 saturated heterocycles. The van der Waals surface area contributed by atoms with Crippen molar-refractivity contribution < 1.29 is 14.3 Å². The van der Waals surface area contributed by atoms with Crippen LogP contribution < -0.4 is 15.1 Å². The molecule has 0 radical (unpaired) electrons. The van der Waals surface area contributed by atoms with E-state index in [0.29, 0.717) is 5.75 Å². The fourth-order valence-corrected chi connectivity index (χ4v) is 4.02. The molecule has 5 heteroatoms. The van der Waals surface area contributed by atoms with Crippen LogP contribution >= 0.6 is 0 Å². The largest absolute Gasteiger partial charge is 0.465 e. The van der Waals surface area contributed by atoms with Gasteiger partial charge < -0.3 is 14.3 Å².